The van der Waals surface area contributed by atoms with Crippen LogP contribution in [0.15, 0.2) is 23.0 Å². The van der Waals surface area contributed by atoms with E-state index in [9.17, 15) is 4.79 Å². The third-order valence-corrected chi connectivity index (χ3v) is 1.92. The highest BCUT2D eigenvalue weighted by Crippen LogP contribution is 2.07. The maximum absolute atomic E-state index is 10.8. The monoisotopic (exact) mass is 183 g/mol. The summed E-state index contributed by atoms with van der Waals surface area (Å²) in [6.45, 7) is 0. The molecule has 1 N–H and O–H groups in total. The van der Waals surface area contributed by atoms with E-state index in [1.807, 2.05) is 0 Å². The van der Waals surface area contributed by atoms with Gasteiger partial charge in [-0.1, -0.05) is 0 Å². The molecule has 0 aliphatic heterocycles. The molecule has 1 rings (SSSR count). The Balaban J connectivity index is 2.63. The van der Waals surface area contributed by atoms with Crippen LogP contribution in [0.2, 0.25) is 0 Å². The van der Waals surface area contributed by atoms with Crippen LogP contribution < -0.4 is 0 Å². The molecule has 0 amide bonds. The van der Waals surface area contributed by atoms with Crippen molar-refractivity contribution in [3.05, 3.63) is 24.2 Å². The van der Waals surface area contributed by atoms with Crippen LogP contribution in [0.1, 0.15) is 5.56 Å². The molecule has 0 fully saturated rings. The van der Waals surface area contributed by atoms with Crippen molar-refractivity contribution in [2.24, 2.45) is 0 Å². The van der Waals surface area contributed by atoms with Crippen molar-refractivity contribution in [1.29, 1.82) is 0 Å². The molecule has 4 heteroatoms. The van der Waals surface area contributed by atoms with E-state index in [-0.39, 0.29) is 0 Å². The summed E-state index contributed by atoms with van der Waals surface area (Å²) in [5, 5.41) is 8.87. The molecule has 0 aliphatic rings. The lowest BCUT2D eigenvalue weighted by molar-refractivity contribution is -0.142. The summed E-state index contributed by atoms with van der Waals surface area (Å²) in [7, 11) is 3.50. The van der Waals surface area contributed by atoms with Gasteiger partial charge in [0.2, 0.25) is 0 Å². The molecule has 0 radical (unpaired) electrons. The van der Waals surface area contributed by atoms with Crippen LogP contribution in [0.5, 0.6) is 0 Å². The number of aliphatic carboxylic acids is 1. The standard InChI is InChI=1S/C9H13NO3/c1-10(2)8(9(11)12)5-7-3-4-13-6-7/h3-4,6,8H,5H2,1-2H3,(H,11,12)/t8-/m0/s1. The number of carbonyl (C=O) groups is 1. The van der Waals surface area contributed by atoms with Gasteiger partial charge in [0.05, 0.1) is 12.5 Å². The van der Waals surface area contributed by atoms with Gasteiger partial charge in [0.1, 0.15) is 6.04 Å². The van der Waals surface area contributed by atoms with E-state index >= 15 is 0 Å². The number of nitrogens with zero attached hydrogens (tertiary/aromatic N) is 1. The van der Waals surface area contributed by atoms with Gasteiger partial charge in [0.15, 0.2) is 0 Å². The predicted molar refractivity (Wildman–Crippen MR) is 47.5 cm³/mol. The largest absolute Gasteiger partial charge is 0.480 e. The Morgan fingerprint density at radius 3 is 2.77 bits per heavy atom. The normalized spacial score (nSPS) is 13.2. The number of rotatable bonds is 4. The summed E-state index contributed by atoms with van der Waals surface area (Å²) in [5.41, 5.74) is 0.904. The van der Waals surface area contributed by atoms with Crippen molar-refractivity contribution in [2.45, 2.75) is 12.5 Å². The summed E-state index contributed by atoms with van der Waals surface area (Å²) >= 11 is 0. The lowest BCUT2D eigenvalue weighted by Gasteiger charge is -2.18. The first-order chi connectivity index (χ1) is 6.11. The van der Waals surface area contributed by atoms with Crippen LogP contribution in [-0.4, -0.2) is 36.1 Å². The molecular weight excluding hydrogens is 170 g/mol. The summed E-state index contributed by atoms with van der Waals surface area (Å²) in [6.07, 6.45) is 3.59. The third kappa shape index (κ3) is 2.59. The van der Waals surface area contributed by atoms with Gasteiger partial charge in [0.25, 0.3) is 0 Å². The van der Waals surface area contributed by atoms with Gasteiger partial charge in [-0.15, -0.1) is 0 Å². The molecule has 0 unspecified atom stereocenters. The van der Waals surface area contributed by atoms with E-state index < -0.39 is 12.0 Å². The molecule has 0 saturated carbocycles. The predicted octanol–water partition coefficient (Wildman–Crippen LogP) is 0.837. The van der Waals surface area contributed by atoms with Crippen LogP contribution in [-0.2, 0) is 11.2 Å². The zero-order valence-electron chi connectivity index (χ0n) is 7.73. The maximum atomic E-state index is 10.8. The average molecular weight is 183 g/mol. The second-order valence-corrected chi connectivity index (χ2v) is 3.15. The van der Waals surface area contributed by atoms with Gasteiger partial charge in [-0.3, -0.25) is 9.69 Å². The Hall–Kier alpha value is -1.29. The number of carboxylic acid groups (broad SMARTS) is 1. The van der Waals surface area contributed by atoms with Gasteiger partial charge in [-0.2, -0.15) is 0 Å². The summed E-state index contributed by atoms with van der Waals surface area (Å²) < 4.78 is 4.86. The van der Waals surface area contributed by atoms with E-state index in [0.29, 0.717) is 6.42 Å². The molecule has 4 nitrogen and oxygen atoms in total. The van der Waals surface area contributed by atoms with Crippen molar-refractivity contribution in [1.82, 2.24) is 4.90 Å². The van der Waals surface area contributed by atoms with Gasteiger partial charge in [-0.05, 0) is 25.7 Å². The van der Waals surface area contributed by atoms with Gasteiger partial charge < -0.3 is 9.52 Å². The molecule has 1 aromatic heterocycles. The zero-order valence-corrected chi connectivity index (χ0v) is 7.73. The molecule has 1 heterocycles. The number of hydrogen-bond acceptors (Lipinski definition) is 3. The fraction of sp³-hybridized carbons (Fsp3) is 0.444. The Kier molecular flexibility index (Phi) is 3.08. The highest BCUT2D eigenvalue weighted by molar-refractivity contribution is 5.73. The van der Waals surface area contributed by atoms with Crippen molar-refractivity contribution in [2.75, 3.05) is 14.1 Å². The maximum Gasteiger partial charge on any atom is 0.321 e. The molecule has 0 bridgehead atoms. The fourth-order valence-corrected chi connectivity index (χ4v) is 1.12. The van der Waals surface area contributed by atoms with E-state index in [4.69, 9.17) is 9.52 Å². The van der Waals surface area contributed by atoms with E-state index in [0.717, 1.165) is 5.56 Å². The van der Waals surface area contributed by atoms with Crippen molar-refractivity contribution in [3.8, 4) is 0 Å². The minimum atomic E-state index is -0.814. The number of likely N-dealkylation sites (N-methyl/N-ethyl adjacent to an activating group) is 1. The van der Waals surface area contributed by atoms with E-state index in [1.165, 1.54) is 0 Å². The van der Waals surface area contributed by atoms with Crippen LogP contribution in [0.4, 0.5) is 0 Å². The van der Waals surface area contributed by atoms with Crippen molar-refractivity contribution < 1.29 is 14.3 Å². The lowest BCUT2D eigenvalue weighted by atomic mass is 10.1. The quantitative estimate of drug-likeness (QED) is 0.751. The number of furan rings is 1. The van der Waals surface area contributed by atoms with Crippen LogP contribution in [0, 0.1) is 0 Å². The molecule has 72 valence electrons. The Morgan fingerprint density at radius 2 is 2.38 bits per heavy atom. The van der Waals surface area contributed by atoms with Crippen LogP contribution in [0.3, 0.4) is 0 Å². The highest BCUT2D eigenvalue weighted by Gasteiger charge is 2.20. The SMILES string of the molecule is CN(C)[C@@H](Cc1ccoc1)C(=O)O. The number of hydrogen-bond donors (Lipinski definition) is 1. The molecular formula is C9H13NO3. The second kappa shape index (κ2) is 4.09. The first-order valence-electron chi connectivity index (χ1n) is 4.01. The molecule has 1 atom stereocenters. The summed E-state index contributed by atoms with van der Waals surface area (Å²) in [5.74, 6) is -0.814. The third-order valence-electron chi connectivity index (χ3n) is 1.92. The summed E-state index contributed by atoms with van der Waals surface area (Å²) in [6, 6.07) is 1.29. The first-order valence-corrected chi connectivity index (χ1v) is 4.01. The molecule has 0 aliphatic carbocycles. The van der Waals surface area contributed by atoms with Crippen LogP contribution >= 0.6 is 0 Å². The van der Waals surface area contributed by atoms with Crippen molar-refractivity contribution in [3.63, 3.8) is 0 Å². The molecule has 0 spiro atoms. The van der Waals surface area contributed by atoms with Gasteiger partial charge in [0, 0.05) is 6.42 Å². The second-order valence-electron chi connectivity index (χ2n) is 3.15. The van der Waals surface area contributed by atoms with Gasteiger partial charge in [-0.25, -0.2) is 0 Å². The minimum Gasteiger partial charge on any atom is -0.480 e. The number of carboxylic acids is 1. The molecule has 13 heavy (non-hydrogen) atoms. The lowest BCUT2D eigenvalue weighted by Crippen LogP contribution is -2.37. The smallest absolute Gasteiger partial charge is 0.321 e. The van der Waals surface area contributed by atoms with E-state index in [1.54, 1.807) is 37.6 Å². The molecule has 0 aromatic carbocycles. The first kappa shape index (κ1) is 9.80. The van der Waals surface area contributed by atoms with Crippen molar-refractivity contribution >= 4 is 5.97 Å². The Labute approximate surface area is 76.8 Å². The highest BCUT2D eigenvalue weighted by atomic mass is 16.4. The molecule has 1 aromatic rings. The average Bonchev–Trinajstić information content (AvgIpc) is 2.50. The Bertz CT molecular complexity index is 266. The topological polar surface area (TPSA) is 53.7 Å². The fourth-order valence-electron chi connectivity index (χ4n) is 1.12. The van der Waals surface area contributed by atoms with E-state index in [2.05, 4.69) is 0 Å². The summed E-state index contributed by atoms with van der Waals surface area (Å²) in [4.78, 5) is 12.5. The van der Waals surface area contributed by atoms with Crippen LogP contribution in [0.25, 0.3) is 0 Å². The molecule has 0 saturated heterocycles. The minimum absolute atomic E-state index is 0.471. The van der Waals surface area contributed by atoms with Gasteiger partial charge >= 0.3 is 5.97 Å². The zero-order chi connectivity index (χ0) is 9.84. The Morgan fingerprint density at radius 1 is 1.69 bits per heavy atom.